The van der Waals surface area contributed by atoms with Crippen molar-refractivity contribution in [3.63, 3.8) is 0 Å². The van der Waals surface area contributed by atoms with Crippen LogP contribution in [0.15, 0.2) is 18.2 Å². The van der Waals surface area contributed by atoms with E-state index >= 15 is 0 Å². The molecule has 3 rings (SSSR count). The highest BCUT2D eigenvalue weighted by molar-refractivity contribution is 5.92. The topological polar surface area (TPSA) is 61.6 Å². The molecule has 0 bridgehead atoms. The van der Waals surface area contributed by atoms with Gasteiger partial charge in [-0.15, -0.1) is 0 Å². The van der Waals surface area contributed by atoms with Gasteiger partial charge in [0.15, 0.2) is 0 Å². The van der Waals surface area contributed by atoms with Crippen molar-refractivity contribution >= 4 is 11.7 Å². The zero-order chi connectivity index (χ0) is 14.2. The number of nitrogen functional groups attached to an aromatic ring is 1. The number of aryl methyl sites for hydroxylation is 1. The maximum absolute atomic E-state index is 12.3. The molecular formula is C16H21NO3. The molecule has 4 nitrogen and oxygen atoms in total. The number of esters is 1. The molecular weight excluding hydrogens is 254 g/mol. The summed E-state index contributed by atoms with van der Waals surface area (Å²) in [6, 6.07) is 5.34. The molecule has 0 aromatic heterocycles. The van der Waals surface area contributed by atoms with Crippen molar-refractivity contribution in [3.05, 3.63) is 29.3 Å². The Morgan fingerprint density at radius 3 is 2.95 bits per heavy atom. The fraction of sp³-hybridized carbons (Fsp3) is 0.562. The lowest BCUT2D eigenvalue weighted by Gasteiger charge is -2.46. The Balaban J connectivity index is 1.67. The molecule has 2 aliphatic rings. The number of ether oxygens (including phenoxy) is 2. The number of nitrogens with two attached hydrogens (primary N) is 1. The highest BCUT2D eigenvalue weighted by atomic mass is 16.6. The Morgan fingerprint density at radius 2 is 2.25 bits per heavy atom. The van der Waals surface area contributed by atoms with Crippen LogP contribution in [0, 0.1) is 6.92 Å². The van der Waals surface area contributed by atoms with Gasteiger partial charge < -0.3 is 15.2 Å². The van der Waals surface area contributed by atoms with Crippen LogP contribution in [0.4, 0.5) is 5.69 Å². The number of anilines is 1. The zero-order valence-corrected chi connectivity index (χ0v) is 11.9. The first-order valence-corrected chi connectivity index (χ1v) is 7.29. The van der Waals surface area contributed by atoms with E-state index < -0.39 is 0 Å². The van der Waals surface area contributed by atoms with Gasteiger partial charge in [0, 0.05) is 18.5 Å². The van der Waals surface area contributed by atoms with Crippen LogP contribution in [0.5, 0.6) is 0 Å². The molecule has 4 heteroatoms. The van der Waals surface area contributed by atoms with Crippen molar-refractivity contribution in [1.82, 2.24) is 0 Å². The Bertz CT molecular complexity index is 522. The van der Waals surface area contributed by atoms with E-state index in [4.69, 9.17) is 15.2 Å². The van der Waals surface area contributed by atoms with E-state index in [9.17, 15) is 4.79 Å². The molecule has 0 radical (unpaired) electrons. The zero-order valence-electron chi connectivity index (χ0n) is 11.9. The lowest BCUT2D eigenvalue weighted by atomic mass is 9.74. The first kappa shape index (κ1) is 13.4. The molecule has 1 saturated heterocycles. The number of hydrogen-bond acceptors (Lipinski definition) is 4. The van der Waals surface area contributed by atoms with E-state index in [0.29, 0.717) is 17.9 Å². The molecule has 108 valence electrons. The lowest BCUT2D eigenvalue weighted by Crippen LogP contribution is -2.48. The monoisotopic (exact) mass is 275 g/mol. The lowest BCUT2D eigenvalue weighted by molar-refractivity contribution is -0.159. The van der Waals surface area contributed by atoms with Gasteiger partial charge >= 0.3 is 5.97 Å². The maximum Gasteiger partial charge on any atom is 0.338 e. The summed E-state index contributed by atoms with van der Waals surface area (Å²) in [5.74, 6) is -0.267. The average Bonchev–Trinajstić information content (AvgIpc) is 2.40. The molecule has 1 heterocycles. The van der Waals surface area contributed by atoms with Gasteiger partial charge in [-0.2, -0.15) is 0 Å². The maximum atomic E-state index is 12.3. The van der Waals surface area contributed by atoms with Gasteiger partial charge in [0.1, 0.15) is 6.10 Å². The summed E-state index contributed by atoms with van der Waals surface area (Å²) in [4.78, 5) is 12.3. The summed E-state index contributed by atoms with van der Waals surface area (Å²) < 4.78 is 11.5. The predicted octanol–water partition coefficient (Wildman–Crippen LogP) is 2.84. The van der Waals surface area contributed by atoms with Crippen molar-refractivity contribution in [2.45, 2.75) is 50.7 Å². The van der Waals surface area contributed by atoms with E-state index in [1.807, 2.05) is 13.0 Å². The third-order valence-electron chi connectivity index (χ3n) is 4.47. The number of benzene rings is 1. The minimum Gasteiger partial charge on any atom is -0.459 e. The predicted molar refractivity (Wildman–Crippen MR) is 76.6 cm³/mol. The van der Waals surface area contributed by atoms with Crippen molar-refractivity contribution in [2.24, 2.45) is 0 Å². The SMILES string of the molecule is Cc1ccc(N)cc1C(=O)OC1CCOC2(CCC2)C1. The smallest absolute Gasteiger partial charge is 0.338 e. The fourth-order valence-electron chi connectivity index (χ4n) is 3.08. The summed E-state index contributed by atoms with van der Waals surface area (Å²) in [6.07, 6.45) is 5.00. The Morgan fingerprint density at radius 1 is 1.45 bits per heavy atom. The van der Waals surface area contributed by atoms with Crippen LogP contribution in [0.3, 0.4) is 0 Å². The van der Waals surface area contributed by atoms with E-state index in [-0.39, 0.29) is 17.7 Å². The first-order valence-electron chi connectivity index (χ1n) is 7.29. The average molecular weight is 275 g/mol. The minimum absolute atomic E-state index is 0.00600. The van der Waals surface area contributed by atoms with Crippen LogP contribution in [0.2, 0.25) is 0 Å². The normalized spacial score (nSPS) is 24.1. The Kier molecular flexibility index (Phi) is 3.42. The van der Waals surface area contributed by atoms with Gasteiger partial charge in [-0.05, 0) is 43.9 Å². The molecule has 2 fully saturated rings. The van der Waals surface area contributed by atoms with E-state index in [2.05, 4.69) is 0 Å². The summed E-state index contributed by atoms with van der Waals surface area (Å²) in [5.41, 5.74) is 7.79. The van der Waals surface area contributed by atoms with Gasteiger partial charge in [0.2, 0.25) is 0 Å². The van der Waals surface area contributed by atoms with E-state index in [1.165, 1.54) is 6.42 Å². The molecule has 1 aliphatic carbocycles. The van der Waals surface area contributed by atoms with Gasteiger partial charge in [-0.1, -0.05) is 6.07 Å². The third kappa shape index (κ3) is 2.52. The number of rotatable bonds is 2. The van der Waals surface area contributed by atoms with Crippen LogP contribution in [-0.2, 0) is 9.47 Å². The van der Waals surface area contributed by atoms with Crippen molar-refractivity contribution in [1.29, 1.82) is 0 Å². The second-order valence-electron chi connectivity index (χ2n) is 5.98. The molecule has 2 N–H and O–H groups in total. The molecule has 1 aromatic rings. The minimum atomic E-state index is -0.267. The van der Waals surface area contributed by atoms with Crippen LogP contribution in [0.25, 0.3) is 0 Å². The molecule has 1 atom stereocenters. The van der Waals surface area contributed by atoms with Crippen molar-refractivity contribution < 1.29 is 14.3 Å². The van der Waals surface area contributed by atoms with Gasteiger partial charge in [0.05, 0.1) is 17.8 Å². The van der Waals surface area contributed by atoms with Gasteiger partial charge in [-0.25, -0.2) is 4.79 Å². The molecule has 1 aromatic carbocycles. The van der Waals surface area contributed by atoms with Gasteiger partial charge in [-0.3, -0.25) is 0 Å². The van der Waals surface area contributed by atoms with Crippen molar-refractivity contribution in [3.8, 4) is 0 Å². The molecule has 0 amide bonds. The number of hydrogen-bond donors (Lipinski definition) is 1. The number of carbonyl (C=O) groups is 1. The molecule has 1 spiro atoms. The summed E-state index contributed by atoms with van der Waals surface area (Å²) in [5, 5.41) is 0. The Hall–Kier alpha value is -1.55. The van der Waals surface area contributed by atoms with Crippen LogP contribution in [0.1, 0.15) is 48.0 Å². The second-order valence-corrected chi connectivity index (χ2v) is 5.98. The fourth-order valence-corrected chi connectivity index (χ4v) is 3.08. The number of carbonyl (C=O) groups excluding carboxylic acids is 1. The van der Waals surface area contributed by atoms with E-state index in [0.717, 1.165) is 31.2 Å². The highest BCUT2D eigenvalue weighted by Crippen LogP contribution is 2.43. The summed E-state index contributed by atoms with van der Waals surface area (Å²) >= 11 is 0. The Labute approximate surface area is 119 Å². The van der Waals surface area contributed by atoms with Gasteiger partial charge in [0.25, 0.3) is 0 Å². The standard InChI is InChI=1S/C16H21NO3/c1-11-3-4-12(17)9-14(11)15(18)20-13-5-8-19-16(10-13)6-2-7-16/h3-4,9,13H,2,5-8,10,17H2,1H3. The first-order chi connectivity index (χ1) is 9.58. The molecule has 1 aliphatic heterocycles. The largest absolute Gasteiger partial charge is 0.459 e. The van der Waals surface area contributed by atoms with Crippen LogP contribution < -0.4 is 5.73 Å². The van der Waals surface area contributed by atoms with Crippen LogP contribution >= 0.6 is 0 Å². The molecule has 1 unspecified atom stereocenters. The highest BCUT2D eigenvalue weighted by Gasteiger charge is 2.43. The van der Waals surface area contributed by atoms with Crippen molar-refractivity contribution in [2.75, 3.05) is 12.3 Å². The quantitative estimate of drug-likeness (QED) is 0.666. The van der Waals surface area contributed by atoms with E-state index in [1.54, 1.807) is 12.1 Å². The summed E-state index contributed by atoms with van der Waals surface area (Å²) in [6.45, 7) is 2.58. The van der Waals surface area contributed by atoms with Crippen LogP contribution in [-0.4, -0.2) is 24.3 Å². The molecule has 20 heavy (non-hydrogen) atoms. The summed E-state index contributed by atoms with van der Waals surface area (Å²) in [7, 11) is 0. The second kappa shape index (κ2) is 5.09. The third-order valence-corrected chi connectivity index (χ3v) is 4.47. The molecule has 1 saturated carbocycles.